The molecule has 0 radical (unpaired) electrons. The van der Waals surface area contributed by atoms with Gasteiger partial charge in [-0.15, -0.1) is 0 Å². The van der Waals surface area contributed by atoms with Crippen molar-refractivity contribution in [1.82, 2.24) is 0 Å². The summed E-state index contributed by atoms with van der Waals surface area (Å²) in [6, 6.07) is 0. The van der Waals surface area contributed by atoms with Crippen molar-refractivity contribution in [1.29, 1.82) is 0 Å². The number of aliphatic hydroxyl groups excluding tert-OH is 2. The van der Waals surface area contributed by atoms with Crippen LogP contribution in [0.4, 0.5) is 0 Å². The highest BCUT2D eigenvalue weighted by atomic mass is 16.6. The lowest BCUT2D eigenvalue weighted by Gasteiger charge is -2.52. The minimum atomic E-state index is -1.89. The first-order chi connectivity index (χ1) is 17.3. The quantitative estimate of drug-likeness (QED) is 0.198. The number of fused-ring (bicyclic) bond motifs is 5. The van der Waals surface area contributed by atoms with Crippen LogP contribution in [0.25, 0.3) is 0 Å². The zero-order valence-electron chi connectivity index (χ0n) is 23.1. The molecule has 0 bridgehead atoms. The molecule has 4 rings (SSSR count). The molecule has 0 aliphatic heterocycles. The number of aliphatic hydroxyl groups is 4. The van der Waals surface area contributed by atoms with Crippen molar-refractivity contribution in [2.75, 3.05) is 6.61 Å². The Balaban J connectivity index is 1.59. The highest BCUT2D eigenvalue weighted by molar-refractivity contribution is 6.04. The number of unbranched alkanes of at least 4 members (excludes halogenated alkanes) is 6. The molecule has 4 N–H and O–H groups in total. The lowest BCUT2D eigenvalue weighted by Crippen LogP contribution is -2.65. The van der Waals surface area contributed by atoms with E-state index in [9.17, 15) is 30.0 Å². The van der Waals surface area contributed by atoms with Gasteiger partial charge in [-0.3, -0.25) is 9.59 Å². The van der Waals surface area contributed by atoms with Crippen LogP contribution in [0, 0.1) is 29.1 Å². The molecular weight excluding hydrogens is 472 g/mol. The molecule has 2 saturated carbocycles. The molecule has 0 aromatic heterocycles. The third-order valence-electron chi connectivity index (χ3n) is 10.3. The topological polar surface area (TPSA) is 124 Å². The van der Waals surface area contributed by atoms with Crippen molar-refractivity contribution in [3.05, 3.63) is 23.3 Å². The number of carbonyl (C=O) groups excluding carboxylic acids is 2. The van der Waals surface area contributed by atoms with Gasteiger partial charge in [-0.25, -0.2) is 0 Å². The van der Waals surface area contributed by atoms with Crippen LogP contribution in [0.2, 0.25) is 0 Å². The van der Waals surface area contributed by atoms with E-state index in [1.54, 1.807) is 26.0 Å². The highest BCUT2D eigenvalue weighted by Gasteiger charge is 2.86. The summed E-state index contributed by atoms with van der Waals surface area (Å²) in [7, 11) is 0. The van der Waals surface area contributed by atoms with Gasteiger partial charge in [0.15, 0.2) is 5.78 Å². The molecule has 0 amide bonds. The molecule has 0 heterocycles. The SMILES string of the molecule is CCCCCCCCCC(=O)O[C@@]12[C@H](O)[C@@H](C)[C@@]3(O)[C@@H](C=C(CO)C[C@@]4(O)C(=O)C(C)=C[C@@H]34)[C@@H]1C2(C)C. The molecule has 4 aliphatic rings. The first-order valence-corrected chi connectivity index (χ1v) is 14.2. The number of esters is 1. The number of rotatable bonds is 10. The second kappa shape index (κ2) is 9.89. The third kappa shape index (κ3) is 4.07. The van der Waals surface area contributed by atoms with Crippen molar-refractivity contribution < 1.29 is 34.8 Å². The first-order valence-electron chi connectivity index (χ1n) is 14.2. The average molecular weight is 519 g/mol. The van der Waals surface area contributed by atoms with Crippen LogP contribution in [0.1, 0.15) is 92.4 Å². The molecule has 7 heteroatoms. The molecule has 0 aromatic carbocycles. The van der Waals surface area contributed by atoms with E-state index in [-0.39, 0.29) is 25.4 Å². The van der Waals surface area contributed by atoms with Gasteiger partial charge in [0.2, 0.25) is 0 Å². The van der Waals surface area contributed by atoms with E-state index in [0.717, 1.165) is 19.3 Å². The summed E-state index contributed by atoms with van der Waals surface area (Å²) in [5, 5.41) is 45.7. The van der Waals surface area contributed by atoms with Crippen LogP contribution >= 0.6 is 0 Å². The first kappa shape index (κ1) is 28.5. The van der Waals surface area contributed by atoms with E-state index in [4.69, 9.17) is 4.74 Å². The molecule has 7 nitrogen and oxygen atoms in total. The molecule has 37 heavy (non-hydrogen) atoms. The molecule has 2 fully saturated rings. The Morgan fingerprint density at radius 3 is 2.32 bits per heavy atom. The number of hydrogen-bond acceptors (Lipinski definition) is 7. The smallest absolute Gasteiger partial charge is 0.306 e. The Bertz CT molecular complexity index is 982. The fourth-order valence-electron chi connectivity index (χ4n) is 8.13. The molecule has 0 unspecified atom stereocenters. The van der Waals surface area contributed by atoms with E-state index in [2.05, 4.69) is 6.92 Å². The van der Waals surface area contributed by atoms with Crippen LogP contribution < -0.4 is 0 Å². The molecule has 208 valence electrons. The van der Waals surface area contributed by atoms with E-state index in [1.807, 2.05) is 13.8 Å². The van der Waals surface area contributed by atoms with E-state index in [1.165, 1.54) is 25.7 Å². The van der Waals surface area contributed by atoms with Gasteiger partial charge < -0.3 is 25.2 Å². The minimum absolute atomic E-state index is 0.0827. The van der Waals surface area contributed by atoms with Crippen molar-refractivity contribution >= 4 is 11.8 Å². The lowest BCUT2D eigenvalue weighted by atomic mass is 9.59. The summed E-state index contributed by atoms with van der Waals surface area (Å²) < 4.78 is 6.14. The van der Waals surface area contributed by atoms with Crippen LogP contribution in [0.3, 0.4) is 0 Å². The summed E-state index contributed by atoms with van der Waals surface area (Å²) in [6.07, 6.45) is 10.0. The van der Waals surface area contributed by atoms with Gasteiger partial charge in [0.05, 0.1) is 18.3 Å². The number of hydrogen-bond donors (Lipinski definition) is 4. The van der Waals surface area contributed by atoms with E-state index >= 15 is 0 Å². The van der Waals surface area contributed by atoms with Gasteiger partial charge in [-0.2, -0.15) is 0 Å². The summed E-state index contributed by atoms with van der Waals surface area (Å²) in [5.41, 5.74) is -4.53. The summed E-state index contributed by atoms with van der Waals surface area (Å²) in [6.45, 7) is 9.03. The van der Waals surface area contributed by atoms with Crippen molar-refractivity contribution in [2.24, 2.45) is 29.1 Å². The van der Waals surface area contributed by atoms with Gasteiger partial charge in [0.25, 0.3) is 0 Å². The van der Waals surface area contributed by atoms with Gasteiger partial charge >= 0.3 is 5.97 Å². The minimum Gasteiger partial charge on any atom is -0.455 e. The fourth-order valence-corrected chi connectivity index (χ4v) is 8.13. The van der Waals surface area contributed by atoms with E-state index in [0.29, 0.717) is 11.1 Å². The van der Waals surface area contributed by atoms with Crippen LogP contribution in [0.15, 0.2) is 23.3 Å². The molecule has 4 aliphatic carbocycles. The predicted molar refractivity (Wildman–Crippen MR) is 139 cm³/mol. The molecule has 8 atom stereocenters. The third-order valence-corrected chi connectivity index (χ3v) is 10.3. The standard InChI is InChI=1S/C30H46O7/c1-6-7-8-9-10-11-12-13-23(32)37-30-24(27(30,4)5)21-15-20(17-31)16-28(35)22(14-18(2)25(28)33)29(21,36)19(3)26(30)34/h14-15,19,21-22,24,26,31,34-36H,6-13,16-17H2,1-5H3/t19-,21+,22-,24-,26-,28+,29-,30-/m1/s1. The predicted octanol–water partition coefficient (Wildman–Crippen LogP) is 3.62. The van der Waals surface area contributed by atoms with Crippen LogP contribution in [-0.4, -0.2) is 61.7 Å². The van der Waals surface area contributed by atoms with Crippen molar-refractivity contribution in [3.63, 3.8) is 0 Å². The second-order valence-corrected chi connectivity index (χ2v) is 12.7. The maximum atomic E-state index is 13.0. The zero-order valence-corrected chi connectivity index (χ0v) is 23.1. The number of carbonyl (C=O) groups is 2. The van der Waals surface area contributed by atoms with Gasteiger partial charge in [0.1, 0.15) is 11.2 Å². The van der Waals surface area contributed by atoms with Crippen LogP contribution in [-0.2, 0) is 14.3 Å². The maximum absolute atomic E-state index is 13.0. The van der Waals surface area contributed by atoms with Gasteiger partial charge in [-0.1, -0.05) is 78.4 Å². The Kier molecular flexibility index (Phi) is 7.61. The van der Waals surface area contributed by atoms with Gasteiger partial charge in [0, 0.05) is 41.9 Å². The largest absolute Gasteiger partial charge is 0.455 e. The maximum Gasteiger partial charge on any atom is 0.306 e. The monoisotopic (exact) mass is 518 g/mol. The van der Waals surface area contributed by atoms with E-state index < -0.39 is 57.8 Å². The highest BCUT2D eigenvalue weighted by Crippen LogP contribution is 2.76. The Morgan fingerprint density at radius 2 is 1.70 bits per heavy atom. The Morgan fingerprint density at radius 1 is 1.08 bits per heavy atom. The normalized spacial score (nSPS) is 41.6. The number of ether oxygens (including phenoxy) is 1. The van der Waals surface area contributed by atoms with Crippen molar-refractivity contribution in [2.45, 2.75) is 115 Å². The Hall–Kier alpha value is -1.54. The average Bonchev–Trinajstić information content (AvgIpc) is 3.28. The van der Waals surface area contributed by atoms with Crippen molar-refractivity contribution in [3.8, 4) is 0 Å². The summed E-state index contributed by atoms with van der Waals surface area (Å²) in [4.78, 5) is 26.1. The molecule has 0 saturated heterocycles. The lowest BCUT2D eigenvalue weighted by molar-refractivity contribution is -0.219. The van der Waals surface area contributed by atoms with Crippen LogP contribution in [0.5, 0.6) is 0 Å². The molecular formula is C30H46O7. The fraction of sp³-hybridized carbons (Fsp3) is 0.800. The second-order valence-electron chi connectivity index (χ2n) is 12.7. The summed E-state index contributed by atoms with van der Waals surface area (Å²) in [5.74, 6) is -3.60. The zero-order chi connectivity index (χ0) is 27.4. The molecule has 0 spiro atoms. The number of Topliss-reactive ketones (excluding diaryl/α,β-unsaturated/α-hetero) is 1. The summed E-state index contributed by atoms with van der Waals surface area (Å²) >= 11 is 0. The molecule has 0 aromatic rings. The Labute approximate surface area is 221 Å². The number of ketones is 1. The van der Waals surface area contributed by atoms with Gasteiger partial charge in [-0.05, 0) is 24.5 Å².